The second kappa shape index (κ2) is 11.1. The normalized spacial score (nSPS) is 11.6. The van der Waals surface area contributed by atoms with Gasteiger partial charge in [0.15, 0.2) is 0 Å². The number of aromatic nitrogens is 1. The third kappa shape index (κ3) is 6.11. The molecule has 0 aliphatic rings. The second-order valence-electron chi connectivity index (χ2n) is 7.81. The highest BCUT2D eigenvalue weighted by molar-refractivity contribution is 7.89. The molecule has 0 saturated heterocycles. The number of rotatable bonds is 8. The van der Waals surface area contributed by atoms with Gasteiger partial charge in [0.05, 0.1) is 22.1 Å². The van der Waals surface area contributed by atoms with Crippen LogP contribution in [-0.2, 0) is 21.4 Å². The van der Waals surface area contributed by atoms with Crippen molar-refractivity contribution in [3.8, 4) is 11.3 Å². The highest BCUT2D eigenvalue weighted by atomic mass is 35.5. The Morgan fingerprint density at radius 2 is 1.81 bits per heavy atom. The number of carbonyl (C=O) groups excluding carboxylic acids is 1. The van der Waals surface area contributed by atoms with Gasteiger partial charge in [0.2, 0.25) is 15.9 Å². The lowest BCUT2D eigenvalue weighted by Gasteiger charge is -2.23. The van der Waals surface area contributed by atoms with E-state index in [9.17, 15) is 17.6 Å². The molecular weight excluding hydrogens is 544 g/mol. The molecular formula is C25H20Cl2FN3O3S2. The van der Waals surface area contributed by atoms with Gasteiger partial charge in [-0.05, 0) is 55.5 Å². The molecule has 36 heavy (non-hydrogen) atoms. The number of benzene rings is 3. The highest BCUT2D eigenvalue weighted by Crippen LogP contribution is 2.27. The lowest BCUT2D eigenvalue weighted by atomic mass is 10.1. The van der Waals surface area contributed by atoms with Gasteiger partial charge in [-0.1, -0.05) is 41.4 Å². The Morgan fingerprint density at radius 3 is 2.47 bits per heavy atom. The van der Waals surface area contributed by atoms with Crippen LogP contribution in [0, 0.1) is 12.7 Å². The molecule has 0 aliphatic carbocycles. The van der Waals surface area contributed by atoms with E-state index in [1.807, 2.05) is 18.4 Å². The summed E-state index contributed by atoms with van der Waals surface area (Å²) in [6.45, 7) is 0.884. The lowest BCUT2D eigenvalue weighted by molar-refractivity contribution is -0.116. The van der Waals surface area contributed by atoms with Crippen molar-refractivity contribution in [3.05, 3.63) is 98.5 Å². The van der Waals surface area contributed by atoms with E-state index in [0.717, 1.165) is 20.6 Å². The maximum Gasteiger partial charge on any atom is 0.243 e. The molecule has 4 rings (SSSR count). The number of nitrogens with zero attached hydrogens (tertiary/aromatic N) is 2. The molecule has 1 aromatic heterocycles. The molecule has 0 saturated carbocycles. The largest absolute Gasteiger partial charge is 0.325 e. The minimum Gasteiger partial charge on any atom is -0.325 e. The molecule has 11 heteroatoms. The fourth-order valence-corrected chi connectivity index (χ4v) is 5.79. The van der Waals surface area contributed by atoms with Gasteiger partial charge in [-0.2, -0.15) is 4.31 Å². The summed E-state index contributed by atoms with van der Waals surface area (Å²) in [5.41, 5.74) is 2.01. The van der Waals surface area contributed by atoms with E-state index in [1.54, 1.807) is 18.2 Å². The number of amides is 1. The zero-order valence-electron chi connectivity index (χ0n) is 18.9. The molecule has 186 valence electrons. The smallest absolute Gasteiger partial charge is 0.243 e. The fraction of sp³-hybridized carbons (Fsp3) is 0.120. The van der Waals surface area contributed by atoms with Crippen molar-refractivity contribution in [2.75, 3.05) is 11.9 Å². The molecule has 4 aromatic rings. The molecule has 1 amide bonds. The average Bonchev–Trinajstić information content (AvgIpc) is 3.27. The Kier molecular flexibility index (Phi) is 8.07. The van der Waals surface area contributed by atoms with Gasteiger partial charge in [0.1, 0.15) is 5.82 Å². The first kappa shape index (κ1) is 26.2. The second-order valence-corrected chi connectivity index (χ2v) is 11.7. The van der Waals surface area contributed by atoms with Crippen molar-refractivity contribution < 1.29 is 17.6 Å². The predicted molar refractivity (Wildman–Crippen MR) is 141 cm³/mol. The van der Waals surface area contributed by atoms with Crippen molar-refractivity contribution >= 4 is 56.2 Å². The van der Waals surface area contributed by atoms with Crippen LogP contribution in [0.5, 0.6) is 0 Å². The van der Waals surface area contributed by atoms with E-state index in [0.29, 0.717) is 10.7 Å². The van der Waals surface area contributed by atoms with E-state index in [2.05, 4.69) is 10.3 Å². The van der Waals surface area contributed by atoms with E-state index in [-0.39, 0.29) is 15.5 Å². The minimum absolute atomic E-state index is 0.0367. The lowest BCUT2D eigenvalue weighted by Crippen LogP contribution is -2.37. The summed E-state index contributed by atoms with van der Waals surface area (Å²) in [7, 11) is -4.21. The minimum atomic E-state index is -4.21. The number of thiazole rings is 1. The van der Waals surface area contributed by atoms with E-state index in [1.165, 1.54) is 53.8 Å². The quantitative estimate of drug-likeness (QED) is 0.269. The summed E-state index contributed by atoms with van der Waals surface area (Å²) in [6.07, 6.45) is 0. The standard InChI is InChI=1S/C25H20Cl2FN3O3S2/c1-16-29-24(15-35-16)17-4-2-5-19(12-17)30-25(32)14-31(13-21-22(27)6-3-7-23(21)28)36(33,34)20-10-8-18(26)9-11-20/h2-12,15H,13-14H2,1H3,(H,30,32). The Hall–Kier alpha value is -2.82. The highest BCUT2D eigenvalue weighted by Gasteiger charge is 2.28. The van der Waals surface area contributed by atoms with Crippen LogP contribution >= 0.6 is 34.5 Å². The first-order chi connectivity index (χ1) is 17.1. The summed E-state index contributed by atoms with van der Waals surface area (Å²) in [4.78, 5) is 17.3. The summed E-state index contributed by atoms with van der Waals surface area (Å²) in [5, 5.41) is 5.95. The molecule has 0 spiro atoms. The number of hydrogen-bond donors (Lipinski definition) is 1. The van der Waals surface area contributed by atoms with Gasteiger partial charge in [0.25, 0.3) is 0 Å². The first-order valence-corrected chi connectivity index (χ1v) is 13.7. The number of aryl methyl sites for hydroxylation is 1. The van der Waals surface area contributed by atoms with Crippen LogP contribution in [0.2, 0.25) is 10.0 Å². The van der Waals surface area contributed by atoms with Crippen LogP contribution in [0.1, 0.15) is 10.6 Å². The van der Waals surface area contributed by atoms with Crippen LogP contribution in [0.3, 0.4) is 0 Å². The van der Waals surface area contributed by atoms with Crippen molar-refractivity contribution in [1.29, 1.82) is 0 Å². The number of sulfonamides is 1. The van der Waals surface area contributed by atoms with Crippen LogP contribution in [0.25, 0.3) is 11.3 Å². The van der Waals surface area contributed by atoms with Crippen molar-refractivity contribution in [1.82, 2.24) is 9.29 Å². The SMILES string of the molecule is Cc1nc(-c2cccc(NC(=O)CN(Cc3c(F)cccc3Cl)S(=O)(=O)c3ccc(Cl)cc3)c2)cs1. The maximum absolute atomic E-state index is 14.5. The van der Waals surface area contributed by atoms with Crippen LogP contribution in [0.4, 0.5) is 10.1 Å². The van der Waals surface area contributed by atoms with E-state index >= 15 is 0 Å². The summed E-state index contributed by atoms with van der Waals surface area (Å²) >= 11 is 13.6. The van der Waals surface area contributed by atoms with Crippen molar-refractivity contribution in [3.63, 3.8) is 0 Å². The van der Waals surface area contributed by atoms with Gasteiger partial charge in [-0.3, -0.25) is 4.79 Å². The zero-order valence-corrected chi connectivity index (χ0v) is 22.1. The summed E-state index contributed by atoms with van der Waals surface area (Å²) < 4.78 is 42.3. The topological polar surface area (TPSA) is 79.4 Å². The number of anilines is 1. The number of carbonyl (C=O) groups is 1. The Morgan fingerprint density at radius 1 is 1.08 bits per heavy atom. The van der Waals surface area contributed by atoms with Crippen LogP contribution in [-0.4, -0.2) is 30.2 Å². The van der Waals surface area contributed by atoms with Gasteiger partial charge < -0.3 is 5.32 Å². The zero-order chi connectivity index (χ0) is 25.9. The third-order valence-electron chi connectivity index (χ3n) is 5.23. The summed E-state index contributed by atoms with van der Waals surface area (Å²) in [6, 6.07) is 16.6. The molecule has 0 radical (unpaired) electrons. The number of halogens is 3. The Labute approximate surface area is 222 Å². The maximum atomic E-state index is 14.5. The molecule has 0 bridgehead atoms. The molecule has 0 fully saturated rings. The van der Waals surface area contributed by atoms with E-state index in [4.69, 9.17) is 23.2 Å². The molecule has 3 aromatic carbocycles. The van der Waals surface area contributed by atoms with Crippen molar-refractivity contribution in [2.45, 2.75) is 18.4 Å². The Bertz CT molecular complexity index is 1490. The van der Waals surface area contributed by atoms with Gasteiger partial charge in [-0.15, -0.1) is 11.3 Å². The monoisotopic (exact) mass is 563 g/mol. The predicted octanol–water partition coefficient (Wildman–Crippen LogP) is 6.39. The van der Waals surface area contributed by atoms with E-state index < -0.39 is 34.8 Å². The average molecular weight is 564 g/mol. The third-order valence-corrected chi connectivity index (χ3v) is 8.41. The van der Waals surface area contributed by atoms with Crippen molar-refractivity contribution in [2.24, 2.45) is 0 Å². The molecule has 0 aliphatic heterocycles. The molecule has 0 atom stereocenters. The molecule has 6 nitrogen and oxygen atoms in total. The van der Waals surface area contributed by atoms with Crippen LogP contribution < -0.4 is 5.32 Å². The van der Waals surface area contributed by atoms with Gasteiger partial charge in [0, 0.05) is 38.8 Å². The molecule has 1 heterocycles. The van der Waals surface area contributed by atoms with Crippen LogP contribution in [0.15, 0.2) is 77.0 Å². The molecule has 0 unspecified atom stereocenters. The van der Waals surface area contributed by atoms with Gasteiger partial charge >= 0.3 is 0 Å². The first-order valence-electron chi connectivity index (χ1n) is 10.6. The number of nitrogens with one attached hydrogen (secondary N) is 1. The summed E-state index contributed by atoms with van der Waals surface area (Å²) in [5.74, 6) is -1.28. The number of hydrogen-bond acceptors (Lipinski definition) is 5. The fourth-order valence-electron chi connectivity index (χ4n) is 3.45. The van der Waals surface area contributed by atoms with Gasteiger partial charge in [-0.25, -0.2) is 17.8 Å². The Balaban J connectivity index is 1.61. The molecule has 1 N–H and O–H groups in total.